The molecular formula is C10H17N3O3. The fourth-order valence-corrected chi connectivity index (χ4v) is 1.19. The largest absolute Gasteiger partial charge is 0.464 e. The Bertz CT molecular complexity index is 360. The molecule has 16 heavy (non-hydrogen) atoms. The van der Waals surface area contributed by atoms with Crippen molar-refractivity contribution in [3.8, 4) is 0 Å². The molecule has 1 aromatic rings. The zero-order chi connectivity index (χ0) is 12.1. The fraction of sp³-hybridized carbons (Fsp3) is 0.600. The number of esters is 1. The maximum atomic E-state index is 11.2. The summed E-state index contributed by atoms with van der Waals surface area (Å²) in [4.78, 5) is 11.2. The minimum atomic E-state index is -0.527. The van der Waals surface area contributed by atoms with E-state index >= 15 is 0 Å². The number of carbonyl (C=O) groups excluding carboxylic acids is 1. The number of aromatic nitrogens is 2. The highest BCUT2D eigenvalue weighted by Crippen LogP contribution is 2.09. The molecule has 0 aliphatic rings. The number of nitrogens with two attached hydrogens (primary N) is 1. The number of anilines is 1. The smallest absolute Gasteiger partial charge is 0.360 e. The number of nitrogen functional groups attached to an aromatic ring is 1. The predicted octanol–water partition coefficient (Wildman–Crippen LogP) is 0.677. The van der Waals surface area contributed by atoms with Gasteiger partial charge in [-0.25, -0.2) is 4.79 Å². The molecule has 0 aromatic carbocycles. The van der Waals surface area contributed by atoms with Crippen LogP contribution in [0.15, 0.2) is 6.20 Å². The number of carbonyl (C=O) groups is 1. The minimum absolute atomic E-state index is 0.145. The van der Waals surface area contributed by atoms with Gasteiger partial charge in [-0.3, -0.25) is 4.68 Å². The van der Waals surface area contributed by atoms with Gasteiger partial charge in [0.2, 0.25) is 0 Å². The molecule has 0 aliphatic heterocycles. The standard InChI is InChI=1S/C10H17N3O3/c1-7(2)16-5-4-13-6-8(11)9(12-13)10(14)15-3/h6-7H,4-5,11H2,1-3H3. The highest BCUT2D eigenvalue weighted by atomic mass is 16.5. The Hall–Kier alpha value is -1.56. The highest BCUT2D eigenvalue weighted by Gasteiger charge is 2.14. The van der Waals surface area contributed by atoms with Crippen molar-refractivity contribution in [3.05, 3.63) is 11.9 Å². The number of rotatable bonds is 5. The molecule has 0 unspecified atom stereocenters. The van der Waals surface area contributed by atoms with E-state index in [0.29, 0.717) is 18.8 Å². The zero-order valence-electron chi connectivity index (χ0n) is 9.77. The van der Waals surface area contributed by atoms with Gasteiger partial charge in [0, 0.05) is 6.20 Å². The predicted molar refractivity (Wildman–Crippen MR) is 59.1 cm³/mol. The van der Waals surface area contributed by atoms with Crippen LogP contribution in [0.3, 0.4) is 0 Å². The average molecular weight is 227 g/mol. The van der Waals surface area contributed by atoms with Crippen molar-refractivity contribution in [2.45, 2.75) is 26.5 Å². The summed E-state index contributed by atoms with van der Waals surface area (Å²) in [6.07, 6.45) is 1.77. The molecule has 0 bridgehead atoms. The van der Waals surface area contributed by atoms with Gasteiger partial charge in [0.05, 0.1) is 32.1 Å². The third kappa shape index (κ3) is 3.23. The Morgan fingerprint density at radius 3 is 2.88 bits per heavy atom. The number of hydrogen-bond donors (Lipinski definition) is 1. The number of methoxy groups -OCH3 is 1. The van der Waals surface area contributed by atoms with E-state index in [1.165, 1.54) is 7.11 Å². The minimum Gasteiger partial charge on any atom is -0.464 e. The monoisotopic (exact) mass is 227 g/mol. The van der Waals surface area contributed by atoms with Gasteiger partial charge < -0.3 is 15.2 Å². The second kappa shape index (κ2) is 5.50. The van der Waals surface area contributed by atoms with Gasteiger partial charge in [0.15, 0.2) is 5.69 Å². The molecular weight excluding hydrogens is 210 g/mol. The van der Waals surface area contributed by atoms with Crippen molar-refractivity contribution < 1.29 is 14.3 Å². The molecule has 0 amide bonds. The van der Waals surface area contributed by atoms with Crippen molar-refractivity contribution >= 4 is 11.7 Å². The normalized spacial score (nSPS) is 10.8. The molecule has 0 fully saturated rings. The van der Waals surface area contributed by atoms with Crippen LogP contribution >= 0.6 is 0 Å². The summed E-state index contributed by atoms with van der Waals surface area (Å²) in [5.41, 5.74) is 6.09. The second-order valence-electron chi connectivity index (χ2n) is 3.61. The van der Waals surface area contributed by atoms with Gasteiger partial charge in [0.1, 0.15) is 0 Å². The van der Waals surface area contributed by atoms with Crippen molar-refractivity contribution in [1.82, 2.24) is 9.78 Å². The summed E-state index contributed by atoms with van der Waals surface area (Å²) in [7, 11) is 1.29. The number of ether oxygens (including phenoxy) is 2. The van der Waals surface area contributed by atoms with Gasteiger partial charge in [-0.2, -0.15) is 5.10 Å². The Balaban J connectivity index is 2.59. The molecule has 90 valence electrons. The summed E-state index contributed by atoms with van der Waals surface area (Å²) >= 11 is 0. The summed E-state index contributed by atoms with van der Waals surface area (Å²) in [5.74, 6) is -0.527. The molecule has 1 heterocycles. The first kappa shape index (κ1) is 12.5. The summed E-state index contributed by atoms with van der Waals surface area (Å²) in [6.45, 7) is 4.99. The average Bonchev–Trinajstić information content (AvgIpc) is 2.58. The van der Waals surface area contributed by atoms with Gasteiger partial charge in [0.25, 0.3) is 0 Å². The topological polar surface area (TPSA) is 79.4 Å². The first-order valence-corrected chi connectivity index (χ1v) is 5.07. The maximum Gasteiger partial charge on any atom is 0.360 e. The lowest BCUT2D eigenvalue weighted by Gasteiger charge is -2.06. The van der Waals surface area contributed by atoms with E-state index in [9.17, 15) is 4.79 Å². The molecule has 0 spiro atoms. The van der Waals surface area contributed by atoms with Crippen molar-refractivity contribution in [2.24, 2.45) is 0 Å². The lowest BCUT2D eigenvalue weighted by molar-refractivity contribution is 0.0588. The molecule has 6 nitrogen and oxygen atoms in total. The van der Waals surface area contributed by atoms with Crippen LogP contribution in [0, 0.1) is 0 Å². The number of hydrogen-bond acceptors (Lipinski definition) is 5. The first-order chi connectivity index (χ1) is 7.54. The Kier molecular flexibility index (Phi) is 4.30. The van der Waals surface area contributed by atoms with E-state index in [4.69, 9.17) is 10.5 Å². The third-order valence-corrected chi connectivity index (χ3v) is 1.94. The molecule has 1 rings (SSSR count). The van der Waals surface area contributed by atoms with E-state index in [2.05, 4.69) is 9.84 Å². The van der Waals surface area contributed by atoms with Crippen molar-refractivity contribution in [1.29, 1.82) is 0 Å². The van der Waals surface area contributed by atoms with Crippen LogP contribution in [-0.2, 0) is 16.0 Å². The van der Waals surface area contributed by atoms with Crippen LogP contribution in [-0.4, -0.2) is 35.6 Å². The zero-order valence-corrected chi connectivity index (χ0v) is 9.77. The summed E-state index contributed by atoms with van der Waals surface area (Å²) in [5, 5.41) is 4.01. The fourth-order valence-electron chi connectivity index (χ4n) is 1.19. The quantitative estimate of drug-likeness (QED) is 0.748. The van der Waals surface area contributed by atoms with Crippen molar-refractivity contribution in [2.75, 3.05) is 19.5 Å². The molecule has 0 radical (unpaired) electrons. The SMILES string of the molecule is COC(=O)c1nn(CCOC(C)C)cc1N. The van der Waals surface area contributed by atoms with Crippen molar-refractivity contribution in [3.63, 3.8) is 0 Å². The van der Waals surface area contributed by atoms with Gasteiger partial charge in [-0.05, 0) is 13.8 Å². The van der Waals surface area contributed by atoms with Crippen LogP contribution in [0.1, 0.15) is 24.3 Å². The molecule has 0 atom stereocenters. The maximum absolute atomic E-state index is 11.2. The van der Waals surface area contributed by atoms with E-state index in [1.54, 1.807) is 10.9 Å². The lowest BCUT2D eigenvalue weighted by atomic mass is 10.4. The van der Waals surface area contributed by atoms with Gasteiger partial charge in [-0.1, -0.05) is 0 Å². The van der Waals surface area contributed by atoms with Crippen LogP contribution in [0.4, 0.5) is 5.69 Å². The molecule has 0 saturated carbocycles. The van der Waals surface area contributed by atoms with E-state index in [0.717, 1.165) is 0 Å². The second-order valence-corrected chi connectivity index (χ2v) is 3.61. The van der Waals surface area contributed by atoms with E-state index in [-0.39, 0.29) is 11.8 Å². The van der Waals surface area contributed by atoms with Crippen LogP contribution in [0.5, 0.6) is 0 Å². The summed E-state index contributed by atoms with van der Waals surface area (Å²) in [6, 6.07) is 0. The Morgan fingerprint density at radius 2 is 2.31 bits per heavy atom. The molecule has 6 heteroatoms. The van der Waals surface area contributed by atoms with Crippen LogP contribution in [0.2, 0.25) is 0 Å². The molecule has 1 aromatic heterocycles. The van der Waals surface area contributed by atoms with Crippen LogP contribution < -0.4 is 5.73 Å². The van der Waals surface area contributed by atoms with Gasteiger partial charge in [-0.15, -0.1) is 0 Å². The Morgan fingerprint density at radius 1 is 1.62 bits per heavy atom. The number of nitrogens with zero attached hydrogens (tertiary/aromatic N) is 2. The van der Waals surface area contributed by atoms with Gasteiger partial charge >= 0.3 is 5.97 Å². The van der Waals surface area contributed by atoms with E-state index in [1.807, 2.05) is 13.8 Å². The third-order valence-electron chi connectivity index (χ3n) is 1.94. The first-order valence-electron chi connectivity index (χ1n) is 5.07. The molecule has 0 aliphatic carbocycles. The van der Waals surface area contributed by atoms with E-state index < -0.39 is 5.97 Å². The highest BCUT2D eigenvalue weighted by molar-refractivity contribution is 5.92. The van der Waals surface area contributed by atoms with Crippen LogP contribution in [0.25, 0.3) is 0 Å². The summed E-state index contributed by atoms with van der Waals surface area (Å²) < 4.78 is 11.5. The Labute approximate surface area is 94.3 Å². The molecule has 0 saturated heterocycles. The lowest BCUT2D eigenvalue weighted by Crippen LogP contribution is -2.12. The molecule has 2 N–H and O–H groups in total.